The molecule has 28 heavy (non-hydrogen) atoms. The molecule has 1 aromatic heterocycles. The first-order chi connectivity index (χ1) is 13.3. The van der Waals surface area contributed by atoms with Gasteiger partial charge >= 0.3 is 5.97 Å². The highest BCUT2D eigenvalue weighted by Gasteiger charge is 2.26. The van der Waals surface area contributed by atoms with E-state index in [4.69, 9.17) is 5.11 Å². The number of piperazine rings is 1. The summed E-state index contributed by atoms with van der Waals surface area (Å²) in [7, 11) is 0. The van der Waals surface area contributed by atoms with Crippen molar-refractivity contribution in [1.82, 2.24) is 14.8 Å². The minimum Gasteiger partial charge on any atom is -0.478 e. The normalized spacial score (nSPS) is 14.1. The predicted molar refractivity (Wildman–Crippen MR) is 103 cm³/mol. The Morgan fingerprint density at radius 2 is 1.54 bits per heavy atom. The monoisotopic (exact) mass is 381 g/mol. The van der Waals surface area contributed by atoms with E-state index in [1.807, 2.05) is 31.2 Å². The first-order valence-corrected chi connectivity index (χ1v) is 9.18. The van der Waals surface area contributed by atoms with Crippen molar-refractivity contribution < 1.29 is 19.5 Å². The van der Waals surface area contributed by atoms with Gasteiger partial charge < -0.3 is 14.9 Å². The van der Waals surface area contributed by atoms with Crippen LogP contribution in [0.25, 0.3) is 0 Å². The van der Waals surface area contributed by atoms with Crippen LogP contribution in [0.5, 0.6) is 0 Å². The molecule has 1 N–H and O–H groups in total. The Hall–Kier alpha value is -3.22. The lowest BCUT2D eigenvalue weighted by Gasteiger charge is -2.34. The molecule has 1 fully saturated rings. The molecule has 0 aliphatic carbocycles. The second-order valence-electron chi connectivity index (χ2n) is 6.97. The van der Waals surface area contributed by atoms with Crippen LogP contribution in [-0.2, 0) is 11.2 Å². The van der Waals surface area contributed by atoms with Crippen molar-refractivity contribution in [2.24, 2.45) is 0 Å². The SMILES string of the molecule is Cc1ccc(CC(=O)N2CCN(C(=O)c3ccc(C(=O)O)c(C)n3)CC2)cc1. The average Bonchev–Trinajstić information content (AvgIpc) is 2.69. The summed E-state index contributed by atoms with van der Waals surface area (Å²) < 4.78 is 0. The highest BCUT2D eigenvalue weighted by atomic mass is 16.4. The lowest BCUT2D eigenvalue weighted by atomic mass is 10.1. The molecule has 146 valence electrons. The largest absolute Gasteiger partial charge is 0.478 e. The third kappa shape index (κ3) is 4.36. The van der Waals surface area contributed by atoms with Crippen molar-refractivity contribution in [2.75, 3.05) is 26.2 Å². The number of rotatable bonds is 4. The fourth-order valence-corrected chi connectivity index (χ4v) is 3.22. The lowest BCUT2D eigenvalue weighted by Crippen LogP contribution is -2.51. The van der Waals surface area contributed by atoms with Crippen LogP contribution in [0.3, 0.4) is 0 Å². The summed E-state index contributed by atoms with van der Waals surface area (Å²) in [4.78, 5) is 43.8. The van der Waals surface area contributed by atoms with Crippen LogP contribution in [-0.4, -0.2) is 63.9 Å². The third-order valence-electron chi connectivity index (χ3n) is 4.93. The first-order valence-electron chi connectivity index (χ1n) is 9.18. The van der Waals surface area contributed by atoms with Gasteiger partial charge in [0.05, 0.1) is 17.7 Å². The molecule has 0 saturated carbocycles. The molecule has 0 bridgehead atoms. The second-order valence-corrected chi connectivity index (χ2v) is 6.97. The van der Waals surface area contributed by atoms with Gasteiger partial charge in [-0.25, -0.2) is 9.78 Å². The number of nitrogens with zero attached hydrogens (tertiary/aromatic N) is 3. The molecule has 0 spiro atoms. The molecule has 1 saturated heterocycles. The van der Waals surface area contributed by atoms with Crippen LogP contribution in [0.4, 0.5) is 0 Å². The van der Waals surface area contributed by atoms with Gasteiger partial charge in [0.25, 0.3) is 5.91 Å². The van der Waals surface area contributed by atoms with Gasteiger partial charge in [-0.05, 0) is 31.5 Å². The summed E-state index contributed by atoms with van der Waals surface area (Å²) >= 11 is 0. The number of hydrogen-bond donors (Lipinski definition) is 1. The number of aromatic carboxylic acids is 1. The Kier molecular flexibility index (Phi) is 5.73. The zero-order valence-corrected chi connectivity index (χ0v) is 16.0. The molecule has 0 unspecified atom stereocenters. The molecule has 7 nitrogen and oxygen atoms in total. The quantitative estimate of drug-likeness (QED) is 0.874. The number of carbonyl (C=O) groups is 3. The van der Waals surface area contributed by atoms with E-state index in [0.717, 1.165) is 11.1 Å². The molecule has 0 radical (unpaired) electrons. The number of carboxylic acids is 1. The average molecular weight is 381 g/mol. The first kappa shape index (κ1) is 19.5. The Balaban J connectivity index is 1.58. The molecular formula is C21H23N3O4. The van der Waals surface area contributed by atoms with Gasteiger partial charge in [-0.2, -0.15) is 0 Å². The van der Waals surface area contributed by atoms with Crippen LogP contribution < -0.4 is 0 Å². The highest BCUT2D eigenvalue weighted by Crippen LogP contribution is 2.13. The smallest absolute Gasteiger partial charge is 0.337 e. The van der Waals surface area contributed by atoms with Crippen molar-refractivity contribution in [1.29, 1.82) is 0 Å². The number of aromatic nitrogens is 1. The summed E-state index contributed by atoms with van der Waals surface area (Å²) in [6.07, 6.45) is 0.353. The number of carbonyl (C=O) groups excluding carboxylic acids is 2. The molecule has 2 aromatic rings. The maximum absolute atomic E-state index is 12.6. The summed E-state index contributed by atoms with van der Waals surface area (Å²) in [6.45, 7) is 5.39. The third-order valence-corrected chi connectivity index (χ3v) is 4.93. The Labute approximate surface area is 163 Å². The molecule has 3 rings (SSSR count). The van der Waals surface area contributed by atoms with Crippen molar-refractivity contribution in [3.8, 4) is 0 Å². The zero-order chi connectivity index (χ0) is 20.3. The summed E-state index contributed by atoms with van der Waals surface area (Å²) in [5.74, 6) is -1.26. The van der Waals surface area contributed by atoms with Gasteiger partial charge in [0, 0.05) is 26.2 Å². The molecular weight excluding hydrogens is 358 g/mol. The molecule has 7 heteroatoms. The van der Waals surface area contributed by atoms with Gasteiger partial charge in [-0.15, -0.1) is 0 Å². The molecule has 1 aromatic carbocycles. The molecule has 1 aliphatic heterocycles. The fraction of sp³-hybridized carbons (Fsp3) is 0.333. The highest BCUT2D eigenvalue weighted by molar-refractivity contribution is 5.94. The standard InChI is InChI=1S/C21H23N3O4/c1-14-3-5-16(6-4-14)13-19(25)23-9-11-24(12-10-23)20(26)18-8-7-17(21(27)28)15(2)22-18/h3-8H,9-13H2,1-2H3,(H,27,28). The fourth-order valence-electron chi connectivity index (χ4n) is 3.22. The Morgan fingerprint density at radius 3 is 2.11 bits per heavy atom. The minimum absolute atomic E-state index is 0.0516. The van der Waals surface area contributed by atoms with E-state index in [9.17, 15) is 14.4 Å². The van der Waals surface area contributed by atoms with E-state index in [2.05, 4.69) is 4.98 Å². The minimum atomic E-state index is -1.07. The van der Waals surface area contributed by atoms with Crippen LogP contribution in [0.2, 0.25) is 0 Å². The molecule has 2 heterocycles. The molecule has 0 atom stereocenters. The van der Waals surface area contributed by atoms with Crippen LogP contribution in [0, 0.1) is 13.8 Å². The molecule has 1 aliphatic rings. The van der Waals surface area contributed by atoms with E-state index < -0.39 is 5.97 Å². The van der Waals surface area contributed by atoms with Crippen molar-refractivity contribution in [3.63, 3.8) is 0 Å². The summed E-state index contributed by atoms with van der Waals surface area (Å²) in [5, 5.41) is 9.07. The van der Waals surface area contributed by atoms with Crippen LogP contribution in [0.15, 0.2) is 36.4 Å². The topological polar surface area (TPSA) is 90.8 Å². The van der Waals surface area contributed by atoms with Crippen molar-refractivity contribution >= 4 is 17.8 Å². The second kappa shape index (κ2) is 8.21. The van der Waals surface area contributed by atoms with Gasteiger partial charge in [0.15, 0.2) is 0 Å². The Morgan fingerprint density at radius 1 is 0.929 bits per heavy atom. The number of pyridine rings is 1. The van der Waals surface area contributed by atoms with E-state index in [-0.39, 0.29) is 23.1 Å². The number of benzene rings is 1. The maximum Gasteiger partial charge on any atom is 0.337 e. The summed E-state index contributed by atoms with van der Waals surface area (Å²) in [5.41, 5.74) is 2.76. The van der Waals surface area contributed by atoms with Crippen molar-refractivity contribution in [3.05, 3.63) is 64.5 Å². The van der Waals surface area contributed by atoms with E-state index in [1.165, 1.54) is 12.1 Å². The van der Waals surface area contributed by atoms with E-state index in [0.29, 0.717) is 38.3 Å². The molecule has 2 amide bonds. The van der Waals surface area contributed by atoms with Crippen LogP contribution >= 0.6 is 0 Å². The van der Waals surface area contributed by atoms with Gasteiger partial charge in [0.1, 0.15) is 5.69 Å². The number of aryl methyl sites for hydroxylation is 2. The van der Waals surface area contributed by atoms with Crippen LogP contribution in [0.1, 0.15) is 37.7 Å². The number of hydrogen-bond acceptors (Lipinski definition) is 4. The maximum atomic E-state index is 12.6. The van der Waals surface area contributed by atoms with Crippen molar-refractivity contribution in [2.45, 2.75) is 20.3 Å². The van der Waals surface area contributed by atoms with Gasteiger partial charge in [0.2, 0.25) is 5.91 Å². The lowest BCUT2D eigenvalue weighted by molar-refractivity contribution is -0.131. The van der Waals surface area contributed by atoms with E-state index in [1.54, 1.807) is 16.7 Å². The predicted octanol–water partition coefficient (Wildman–Crippen LogP) is 1.92. The zero-order valence-electron chi connectivity index (χ0n) is 16.0. The number of amides is 2. The van der Waals surface area contributed by atoms with E-state index >= 15 is 0 Å². The number of carboxylic acid groups (broad SMARTS) is 1. The summed E-state index contributed by atoms with van der Waals surface area (Å²) in [6, 6.07) is 10.7. The van der Waals surface area contributed by atoms with Gasteiger partial charge in [-0.1, -0.05) is 29.8 Å². The Bertz CT molecular complexity index is 900. The van der Waals surface area contributed by atoms with Gasteiger partial charge in [-0.3, -0.25) is 9.59 Å².